The Morgan fingerprint density at radius 3 is 2.36 bits per heavy atom. The summed E-state index contributed by atoms with van der Waals surface area (Å²) in [6, 6.07) is 3.98. The second-order valence-corrected chi connectivity index (χ2v) is 4.12. The normalized spacial score (nSPS) is 10.4. The predicted octanol–water partition coefficient (Wildman–Crippen LogP) is 3.01. The fourth-order valence-corrected chi connectivity index (χ4v) is 2.28. The van der Waals surface area contributed by atoms with E-state index in [9.17, 15) is 0 Å². The van der Waals surface area contributed by atoms with Crippen LogP contribution in [0.5, 0.6) is 0 Å². The average Bonchev–Trinajstić information content (AvgIpc) is 2.54. The lowest BCUT2D eigenvalue weighted by molar-refractivity contribution is 1.33. The summed E-state index contributed by atoms with van der Waals surface area (Å²) in [5.41, 5.74) is 13.1. The van der Waals surface area contributed by atoms with Crippen molar-refractivity contribution >= 4 is 17.0 Å². The Labute approximate surface area is 87.4 Å². The number of hydrogen-bond donors (Lipinski definition) is 1. The molecule has 1 heterocycles. The maximum absolute atomic E-state index is 5.76. The Balaban J connectivity index is 2.64. The van der Waals surface area contributed by atoms with Gasteiger partial charge in [0.05, 0.1) is 11.2 Å². The van der Waals surface area contributed by atoms with Gasteiger partial charge in [-0.05, 0) is 37.1 Å². The number of aryl methyl sites for hydroxylation is 2. The molecule has 14 heavy (non-hydrogen) atoms. The minimum Gasteiger partial charge on any atom is -0.399 e. The first-order chi connectivity index (χ1) is 6.68. The average molecular weight is 204 g/mol. The number of nitrogens with zero attached hydrogens (tertiary/aromatic N) is 1. The van der Waals surface area contributed by atoms with Gasteiger partial charge < -0.3 is 5.73 Å². The summed E-state index contributed by atoms with van der Waals surface area (Å²) < 4.78 is 0. The number of aromatic nitrogens is 1. The van der Waals surface area contributed by atoms with Crippen LogP contribution in [0.2, 0.25) is 0 Å². The molecule has 0 amide bonds. The Kier molecular flexibility index (Phi) is 2.25. The van der Waals surface area contributed by atoms with E-state index in [1.54, 1.807) is 11.3 Å². The van der Waals surface area contributed by atoms with Crippen LogP contribution in [0.1, 0.15) is 11.1 Å². The smallest absolute Gasteiger partial charge is 0.0816 e. The van der Waals surface area contributed by atoms with Crippen LogP contribution < -0.4 is 5.73 Å². The zero-order valence-corrected chi connectivity index (χ0v) is 9.06. The second-order valence-electron chi connectivity index (χ2n) is 3.40. The van der Waals surface area contributed by atoms with Gasteiger partial charge in [0, 0.05) is 16.6 Å². The number of benzene rings is 1. The lowest BCUT2D eigenvalue weighted by atomic mass is 10.00. The van der Waals surface area contributed by atoms with E-state index in [0.717, 1.165) is 11.4 Å². The van der Waals surface area contributed by atoms with Gasteiger partial charge in [-0.25, -0.2) is 4.98 Å². The van der Waals surface area contributed by atoms with Crippen molar-refractivity contribution in [1.29, 1.82) is 0 Å². The zero-order valence-electron chi connectivity index (χ0n) is 8.24. The summed E-state index contributed by atoms with van der Waals surface area (Å²) in [6.07, 6.45) is 0. The molecule has 2 N–H and O–H groups in total. The Hall–Kier alpha value is -1.35. The molecule has 72 valence electrons. The molecule has 0 aliphatic heterocycles. The second kappa shape index (κ2) is 3.42. The van der Waals surface area contributed by atoms with Gasteiger partial charge >= 0.3 is 0 Å². The van der Waals surface area contributed by atoms with E-state index >= 15 is 0 Å². The Morgan fingerprint density at radius 2 is 1.86 bits per heavy atom. The summed E-state index contributed by atoms with van der Waals surface area (Å²) in [5, 5.41) is 2.06. The van der Waals surface area contributed by atoms with E-state index in [0.29, 0.717) is 0 Å². The van der Waals surface area contributed by atoms with Crippen LogP contribution >= 0.6 is 11.3 Å². The van der Waals surface area contributed by atoms with Crippen molar-refractivity contribution in [2.45, 2.75) is 13.8 Å². The van der Waals surface area contributed by atoms with Crippen LogP contribution in [-0.2, 0) is 0 Å². The van der Waals surface area contributed by atoms with Crippen molar-refractivity contribution in [1.82, 2.24) is 4.98 Å². The number of nitrogens with two attached hydrogens (primary N) is 1. The number of thiazole rings is 1. The van der Waals surface area contributed by atoms with Crippen LogP contribution in [0.4, 0.5) is 5.69 Å². The van der Waals surface area contributed by atoms with E-state index in [2.05, 4.69) is 24.2 Å². The first-order valence-electron chi connectivity index (χ1n) is 4.44. The largest absolute Gasteiger partial charge is 0.399 e. The van der Waals surface area contributed by atoms with Crippen LogP contribution in [-0.4, -0.2) is 4.98 Å². The molecule has 0 saturated carbocycles. The van der Waals surface area contributed by atoms with Crippen LogP contribution in [0.25, 0.3) is 11.3 Å². The first kappa shape index (κ1) is 9.21. The fraction of sp³-hybridized carbons (Fsp3) is 0.182. The van der Waals surface area contributed by atoms with E-state index < -0.39 is 0 Å². The third kappa shape index (κ3) is 1.51. The molecule has 1 aromatic carbocycles. The molecule has 2 aromatic rings. The van der Waals surface area contributed by atoms with Crippen molar-refractivity contribution in [2.24, 2.45) is 0 Å². The third-order valence-electron chi connectivity index (χ3n) is 2.24. The monoisotopic (exact) mass is 204 g/mol. The maximum Gasteiger partial charge on any atom is 0.0816 e. The van der Waals surface area contributed by atoms with Crippen LogP contribution in [0.15, 0.2) is 23.0 Å². The summed E-state index contributed by atoms with van der Waals surface area (Å²) in [5.74, 6) is 0. The molecule has 0 fully saturated rings. The lowest BCUT2D eigenvalue weighted by Crippen LogP contribution is -1.92. The van der Waals surface area contributed by atoms with Gasteiger partial charge in [-0.3, -0.25) is 0 Å². The van der Waals surface area contributed by atoms with Crippen LogP contribution in [0, 0.1) is 13.8 Å². The van der Waals surface area contributed by atoms with E-state index in [4.69, 9.17) is 5.73 Å². The molecular weight excluding hydrogens is 192 g/mol. The molecule has 0 spiro atoms. The fourth-order valence-electron chi connectivity index (χ4n) is 1.74. The molecule has 0 aliphatic carbocycles. The van der Waals surface area contributed by atoms with Crippen molar-refractivity contribution in [2.75, 3.05) is 5.73 Å². The standard InChI is InChI=1S/C11H12N2S/c1-7-3-9(12)4-8(2)11(7)10-5-14-6-13-10/h3-6H,12H2,1-2H3. The molecular formula is C11H12N2S. The van der Waals surface area contributed by atoms with Gasteiger partial charge in [-0.2, -0.15) is 0 Å². The van der Waals surface area contributed by atoms with Crippen molar-refractivity contribution < 1.29 is 0 Å². The molecule has 0 atom stereocenters. The van der Waals surface area contributed by atoms with E-state index in [1.165, 1.54) is 16.7 Å². The molecule has 0 aliphatic rings. The first-order valence-corrected chi connectivity index (χ1v) is 5.38. The van der Waals surface area contributed by atoms with Gasteiger partial charge in [-0.1, -0.05) is 0 Å². The Bertz CT molecular complexity index is 423. The van der Waals surface area contributed by atoms with E-state index in [-0.39, 0.29) is 0 Å². The number of hydrogen-bond acceptors (Lipinski definition) is 3. The molecule has 2 nitrogen and oxygen atoms in total. The molecule has 0 bridgehead atoms. The highest BCUT2D eigenvalue weighted by atomic mass is 32.1. The van der Waals surface area contributed by atoms with Crippen molar-refractivity contribution in [3.05, 3.63) is 34.2 Å². The molecule has 1 aromatic heterocycles. The minimum atomic E-state index is 0.818. The third-order valence-corrected chi connectivity index (χ3v) is 2.83. The lowest BCUT2D eigenvalue weighted by Gasteiger charge is -2.08. The summed E-state index contributed by atoms with van der Waals surface area (Å²) in [4.78, 5) is 4.32. The van der Waals surface area contributed by atoms with Gasteiger partial charge in [0.1, 0.15) is 0 Å². The molecule has 0 radical (unpaired) electrons. The maximum atomic E-state index is 5.76. The highest BCUT2D eigenvalue weighted by Crippen LogP contribution is 2.28. The topological polar surface area (TPSA) is 38.9 Å². The van der Waals surface area contributed by atoms with Gasteiger partial charge in [0.2, 0.25) is 0 Å². The Morgan fingerprint density at radius 1 is 1.21 bits per heavy atom. The molecule has 0 unspecified atom stereocenters. The SMILES string of the molecule is Cc1cc(N)cc(C)c1-c1cscn1. The summed E-state index contributed by atoms with van der Waals surface area (Å²) >= 11 is 1.61. The van der Waals surface area contributed by atoms with Crippen molar-refractivity contribution in [3.63, 3.8) is 0 Å². The minimum absolute atomic E-state index is 0.818. The summed E-state index contributed by atoms with van der Waals surface area (Å²) in [7, 11) is 0. The van der Waals surface area contributed by atoms with Crippen LogP contribution in [0.3, 0.4) is 0 Å². The van der Waals surface area contributed by atoms with Gasteiger partial charge in [-0.15, -0.1) is 11.3 Å². The summed E-state index contributed by atoms with van der Waals surface area (Å²) in [6.45, 7) is 4.14. The molecule has 3 heteroatoms. The van der Waals surface area contributed by atoms with Gasteiger partial charge in [0.15, 0.2) is 0 Å². The zero-order chi connectivity index (χ0) is 10.1. The molecule has 0 saturated heterocycles. The van der Waals surface area contributed by atoms with Gasteiger partial charge in [0.25, 0.3) is 0 Å². The highest BCUT2D eigenvalue weighted by molar-refractivity contribution is 7.07. The number of anilines is 1. The quantitative estimate of drug-likeness (QED) is 0.725. The molecule has 2 rings (SSSR count). The van der Waals surface area contributed by atoms with E-state index in [1.807, 2.05) is 17.6 Å². The highest BCUT2D eigenvalue weighted by Gasteiger charge is 2.07. The predicted molar refractivity (Wildman–Crippen MR) is 61.4 cm³/mol. The van der Waals surface area contributed by atoms with Crippen molar-refractivity contribution in [3.8, 4) is 11.3 Å². The number of nitrogen functional groups attached to an aromatic ring is 1. The number of rotatable bonds is 1.